The van der Waals surface area contributed by atoms with E-state index in [1.165, 1.54) is 0 Å². The lowest BCUT2D eigenvalue weighted by atomic mass is 10.2. The first-order valence-corrected chi connectivity index (χ1v) is 9.69. The Morgan fingerprint density at radius 2 is 2.12 bits per heavy atom. The number of amides is 1. The summed E-state index contributed by atoms with van der Waals surface area (Å²) in [5, 5.41) is 10.6. The second-order valence-electron chi connectivity index (χ2n) is 5.71. The highest BCUT2D eigenvalue weighted by molar-refractivity contribution is 7.18. The minimum absolute atomic E-state index is 0.318. The Bertz CT molecular complexity index is 832. The SMILES string of the molecule is CC(C)COC(=O)NCCNc1nc(-c2nccs2)c2sccc2n1. The third-order valence-electron chi connectivity index (χ3n) is 3.16. The van der Waals surface area contributed by atoms with Gasteiger partial charge in [0.2, 0.25) is 5.95 Å². The van der Waals surface area contributed by atoms with Crippen LogP contribution in [-0.2, 0) is 4.74 Å². The van der Waals surface area contributed by atoms with Crippen LogP contribution in [-0.4, -0.2) is 40.7 Å². The fourth-order valence-corrected chi connectivity index (χ4v) is 3.58. The van der Waals surface area contributed by atoms with E-state index in [0.29, 0.717) is 31.6 Å². The van der Waals surface area contributed by atoms with Gasteiger partial charge in [-0.2, -0.15) is 0 Å². The van der Waals surface area contributed by atoms with Crippen LogP contribution in [0.1, 0.15) is 13.8 Å². The standard InChI is InChI=1S/C16H19N5O2S2/c1-10(2)9-23-16(22)19-5-4-18-15-20-11-3-7-24-13(11)12(21-15)14-17-6-8-25-14/h3,6-8,10H,4-5,9H2,1-2H3,(H,19,22)(H,18,20,21). The van der Waals surface area contributed by atoms with Gasteiger partial charge >= 0.3 is 6.09 Å². The van der Waals surface area contributed by atoms with Crippen LogP contribution >= 0.6 is 22.7 Å². The van der Waals surface area contributed by atoms with E-state index in [9.17, 15) is 4.79 Å². The molecule has 132 valence electrons. The maximum Gasteiger partial charge on any atom is 0.407 e. The molecule has 0 atom stereocenters. The number of carbonyl (C=O) groups excluding carboxylic acids is 1. The van der Waals surface area contributed by atoms with Crippen LogP contribution in [0.4, 0.5) is 10.7 Å². The quantitative estimate of drug-likeness (QED) is 0.612. The topological polar surface area (TPSA) is 89.0 Å². The minimum Gasteiger partial charge on any atom is -0.449 e. The molecule has 3 aromatic rings. The summed E-state index contributed by atoms with van der Waals surface area (Å²) >= 11 is 3.15. The molecule has 3 heterocycles. The van der Waals surface area contributed by atoms with Crippen molar-refractivity contribution in [3.8, 4) is 10.7 Å². The van der Waals surface area contributed by atoms with Gasteiger partial charge in [0.05, 0.1) is 16.8 Å². The van der Waals surface area contributed by atoms with E-state index >= 15 is 0 Å². The van der Waals surface area contributed by atoms with Crippen molar-refractivity contribution in [2.75, 3.05) is 25.0 Å². The zero-order valence-corrected chi connectivity index (χ0v) is 15.6. The van der Waals surface area contributed by atoms with E-state index in [4.69, 9.17) is 4.74 Å². The Morgan fingerprint density at radius 1 is 1.24 bits per heavy atom. The minimum atomic E-state index is -0.409. The molecule has 2 N–H and O–H groups in total. The molecule has 1 amide bonds. The van der Waals surface area contributed by atoms with Crippen LogP contribution in [0.15, 0.2) is 23.0 Å². The second kappa shape index (κ2) is 8.21. The van der Waals surface area contributed by atoms with Gasteiger partial charge in [-0.1, -0.05) is 13.8 Å². The summed E-state index contributed by atoms with van der Waals surface area (Å²) < 4.78 is 6.08. The molecule has 0 saturated heterocycles. The molecule has 0 saturated carbocycles. The van der Waals surface area contributed by atoms with E-state index in [1.807, 2.05) is 30.7 Å². The van der Waals surface area contributed by atoms with Gasteiger partial charge in [-0.3, -0.25) is 0 Å². The first kappa shape index (κ1) is 17.6. The number of hydrogen-bond donors (Lipinski definition) is 2. The average molecular weight is 377 g/mol. The van der Waals surface area contributed by atoms with Crippen molar-refractivity contribution >= 4 is 44.9 Å². The number of aromatic nitrogens is 3. The number of thiophene rings is 1. The van der Waals surface area contributed by atoms with Gasteiger partial charge in [-0.15, -0.1) is 22.7 Å². The van der Waals surface area contributed by atoms with Gasteiger partial charge in [0.25, 0.3) is 0 Å². The number of alkyl carbamates (subject to hydrolysis) is 1. The molecule has 0 aliphatic rings. The largest absolute Gasteiger partial charge is 0.449 e. The third kappa shape index (κ3) is 4.64. The molecular formula is C16H19N5O2S2. The molecule has 9 heteroatoms. The van der Waals surface area contributed by atoms with Crippen molar-refractivity contribution in [2.45, 2.75) is 13.8 Å². The van der Waals surface area contributed by atoms with Crippen molar-refractivity contribution in [3.05, 3.63) is 23.0 Å². The predicted molar refractivity (Wildman–Crippen MR) is 101 cm³/mol. The van der Waals surface area contributed by atoms with Crippen molar-refractivity contribution in [1.29, 1.82) is 0 Å². The number of thiazole rings is 1. The lowest BCUT2D eigenvalue weighted by Gasteiger charge is -2.10. The van der Waals surface area contributed by atoms with E-state index in [-0.39, 0.29) is 0 Å². The summed E-state index contributed by atoms with van der Waals surface area (Å²) in [4.78, 5) is 24.9. The van der Waals surface area contributed by atoms with Gasteiger partial charge in [-0.25, -0.2) is 19.7 Å². The van der Waals surface area contributed by atoms with Crippen LogP contribution in [0.25, 0.3) is 20.9 Å². The van der Waals surface area contributed by atoms with Crippen LogP contribution in [0, 0.1) is 5.92 Å². The fraction of sp³-hybridized carbons (Fsp3) is 0.375. The first-order valence-electron chi connectivity index (χ1n) is 7.93. The highest BCUT2D eigenvalue weighted by Gasteiger charge is 2.13. The summed E-state index contributed by atoms with van der Waals surface area (Å²) in [6.07, 6.45) is 1.36. The molecule has 25 heavy (non-hydrogen) atoms. The zero-order valence-electron chi connectivity index (χ0n) is 14.0. The van der Waals surface area contributed by atoms with Gasteiger partial charge < -0.3 is 15.4 Å². The number of anilines is 1. The van der Waals surface area contributed by atoms with Crippen molar-refractivity contribution in [2.24, 2.45) is 5.92 Å². The normalized spacial score (nSPS) is 11.0. The number of ether oxygens (including phenoxy) is 1. The van der Waals surface area contributed by atoms with Gasteiger partial charge in [0, 0.05) is 24.7 Å². The van der Waals surface area contributed by atoms with Gasteiger partial charge in [-0.05, 0) is 17.4 Å². The Balaban J connectivity index is 1.60. The molecular weight excluding hydrogens is 358 g/mol. The summed E-state index contributed by atoms with van der Waals surface area (Å²) in [6, 6.07) is 1.96. The average Bonchev–Trinajstić information content (AvgIpc) is 3.27. The monoisotopic (exact) mass is 377 g/mol. The summed E-state index contributed by atoms with van der Waals surface area (Å²) in [6.45, 7) is 5.33. The van der Waals surface area contributed by atoms with E-state index in [0.717, 1.165) is 20.9 Å². The summed E-state index contributed by atoms with van der Waals surface area (Å²) in [5.74, 6) is 0.840. The first-order chi connectivity index (χ1) is 12.1. The highest BCUT2D eigenvalue weighted by Crippen LogP contribution is 2.32. The molecule has 0 spiro atoms. The smallest absolute Gasteiger partial charge is 0.407 e. The zero-order chi connectivity index (χ0) is 17.6. The maximum atomic E-state index is 11.5. The van der Waals surface area contributed by atoms with Gasteiger partial charge in [0.15, 0.2) is 0 Å². The van der Waals surface area contributed by atoms with Crippen LogP contribution < -0.4 is 10.6 Å². The van der Waals surface area contributed by atoms with Crippen molar-refractivity contribution in [1.82, 2.24) is 20.3 Å². The molecule has 3 rings (SSSR count). The number of rotatable bonds is 7. The van der Waals surface area contributed by atoms with E-state index < -0.39 is 6.09 Å². The molecule has 3 aromatic heterocycles. The lowest BCUT2D eigenvalue weighted by molar-refractivity contribution is 0.133. The Kier molecular flexibility index (Phi) is 5.77. The van der Waals surface area contributed by atoms with Crippen molar-refractivity contribution in [3.63, 3.8) is 0 Å². The number of carbonyl (C=O) groups is 1. The number of nitrogens with zero attached hydrogens (tertiary/aromatic N) is 3. The van der Waals surface area contributed by atoms with E-state index in [1.54, 1.807) is 28.9 Å². The number of hydrogen-bond acceptors (Lipinski definition) is 8. The fourth-order valence-electron chi connectivity index (χ4n) is 2.06. The summed E-state index contributed by atoms with van der Waals surface area (Å²) in [5.41, 5.74) is 1.72. The third-order valence-corrected chi connectivity index (χ3v) is 4.85. The molecule has 0 fully saturated rings. The van der Waals surface area contributed by atoms with Gasteiger partial charge in [0.1, 0.15) is 10.7 Å². The van der Waals surface area contributed by atoms with Crippen molar-refractivity contribution < 1.29 is 9.53 Å². The summed E-state index contributed by atoms with van der Waals surface area (Å²) in [7, 11) is 0. The Hall–Kier alpha value is -2.26. The molecule has 0 bridgehead atoms. The van der Waals surface area contributed by atoms with Crippen LogP contribution in [0.3, 0.4) is 0 Å². The lowest BCUT2D eigenvalue weighted by Crippen LogP contribution is -2.30. The maximum absolute atomic E-state index is 11.5. The van der Waals surface area contributed by atoms with Crippen LogP contribution in [0.5, 0.6) is 0 Å². The van der Waals surface area contributed by atoms with Crippen LogP contribution in [0.2, 0.25) is 0 Å². The number of nitrogens with one attached hydrogen (secondary N) is 2. The predicted octanol–water partition coefficient (Wildman–Crippen LogP) is 3.61. The highest BCUT2D eigenvalue weighted by atomic mass is 32.1. The molecule has 0 aliphatic heterocycles. The van der Waals surface area contributed by atoms with E-state index in [2.05, 4.69) is 25.6 Å². The molecule has 0 aliphatic carbocycles. The molecule has 0 radical (unpaired) electrons. The Labute approximate surface area is 153 Å². The Morgan fingerprint density at radius 3 is 2.88 bits per heavy atom. The second-order valence-corrected chi connectivity index (χ2v) is 7.52. The molecule has 0 aromatic carbocycles. The molecule has 7 nitrogen and oxygen atoms in total. The number of fused-ring (bicyclic) bond motifs is 1. The molecule has 0 unspecified atom stereocenters.